The number of imide groups is 2. The Balaban J connectivity index is 0.695. The van der Waals surface area contributed by atoms with E-state index < -0.39 is 29.7 Å². The van der Waals surface area contributed by atoms with Crippen LogP contribution in [0.4, 0.5) is 17.5 Å². The maximum absolute atomic E-state index is 13.0. The van der Waals surface area contributed by atoms with E-state index in [-0.39, 0.29) is 66.9 Å². The van der Waals surface area contributed by atoms with Crippen molar-refractivity contribution in [2.45, 2.75) is 44.2 Å². The van der Waals surface area contributed by atoms with E-state index >= 15 is 0 Å². The van der Waals surface area contributed by atoms with Crippen LogP contribution < -0.4 is 35.9 Å². The zero-order chi connectivity index (χ0) is 47.7. The van der Waals surface area contributed by atoms with Gasteiger partial charge in [0.25, 0.3) is 23.3 Å². The van der Waals surface area contributed by atoms with E-state index in [2.05, 4.69) is 36.1 Å². The summed E-state index contributed by atoms with van der Waals surface area (Å²) in [5, 5.41) is 17.7. The van der Waals surface area contributed by atoms with Gasteiger partial charge in [-0.2, -0.15) is 4.98 Å². The van der Waals surface area contributed by atoms with Crippen LogP contribution in [0.25, 0.3) is 10.9 Å². The third-order valence-corrected chi connectivity index (χ3v) is 12.0. The van der Waals surface area contributed by atoms with Crippen molar-refractivity contribution < 1.29 is 47.7 Å². The number of aromatic nitrogens is 6. The normalized spacial score (nSPS) is 16.3. The van der Waals surface area contributed by atoms with E-state index in [0.717, 1.165) is 28.8 Å². The molecule has 0 bridgehead atoms. The first-order valence-electron chi connectivity index (χ1n) is 22.1. The minimum absolute atomic E-state index is 0.0503. The molecule has 0 saturated carbocycles. The molecule has 3 aliphatic rings. The number of ether oxygens (including phenoxy) is 5. The molecule has 1 unspecified atom stereocenters. The summed E-state index contributed by atoms with van der Waals surface area (Å²) in [4.78, 5) is 86.5. The minimum atomic E-state index is -1.03. The van der Waals surface area contributed by atoms with Crippen molar-refractivity contribution in [2.24, 2.45) is 7.05 Å². The summed E-state index contributed by atoms with van der Waals surface area (Å²) >= 11 is 6.54. The molecule has 22 nitrogen and oxygen atoms in total. The number of amides is 5. The monoisotopic (exact) mass is 955 g/mol. The number of nitrogens with zero attached hydrogens (tertiary/aromatic N) is 8. The van der Waals surface area contributed by atoms with Gasteiger partial charge in [0.15, 0.2) is 18.2 Å². The van der Waals surface area contributed by atoms with Crippen molar-refractivity contribution in [1.29, 1.82) is 0 Å². The van der Waals surface area contributed by atoms with E-state index in [0.29, 0.717) is 86.4 Å². The number of rotatable bonds is 21. The van der Waals surface area contributed by atoms with Crippen LogP contribution in [0, 0.1) is 0 Å². The van der Waals surface area contributed by atoms with Gasteiger partial charge in [0.05, 0.1) is 74.7 Å². The average Bonchev–Trinajstić information content (AvgIpc) is 3.91. The standard InChI is InChI=1S/C45H50ClN11O11/c1-47-39(59)26-68-37-22-28-21-29(3-6-35(28)54(2)44(37)63)49-40-33(46)24-48-45(51-40)55-11-9-27(10-12-55)34-25-56(53-52-34)13-14-64-15-16-65-17-18-66-19-20-67-30-4-5-31-32(23-30)43(62)57(42(31)61)36-7-8-38(58)50-41(36)60/h3-6,21-25,27,36H,7-20,26H2,1-2H3,(H,47,59)(H,48,49,51)(H,50,58,60). The van der Waals surface area contributed by atoms with Gasteiger partial charge in [-0.25, -0.2) is 9.67 Å². The fourth-order valence-electron chi connectivity index (χ4n) is 8.03. The van der Waals surface area contributed by atoms with Gasteiger partial charge in [-0.3, -0.25) is 39.0 Å². The SMILES string of the molecule is CNC(=O)COc1cc2cc(Nc3nc(N4CCC(c5cn(CCOCCOCCOCCOc6ccc7c(c6)C(=O)N(C6CCC(=O)NC6=O)C7=O)nn5)CC4)ncc3Cl)ccc2n(C)c1=O. The predicted octanol–water partition coefficient (Wildman–Crippen LogP) is 2.36. The lowest BCUT2D eigenvalue weighted by Crippen LogP contribution is -2.54. The van der Waals surface area contributed by atoms with E-state index in [1.54, 1.807) is 30.1 Å². The number of piperidine rings is 2. The second kappa shape index (κ2) is 21.7. The zero-order valence-corrected chi connectivity index (χ0v) is 38.2. The van der Waals surface area contributed by atoms with Crippen molar-refractivity contribution in [2.75, 3.05) is 83.2 Å². The molecule has 23 heteroatoms. The molecular formula is C45H50ClN11O11. The molecule has 0 spiro atoms. The first kappa shape index (κ1) is 47.5. The zero-order valence-electron chi connectivity index (χ0n) is 37.4. The number of nitrogens with one attached hydrogen (secondary N) is 3. The van der Waals surface area contributed by atoms with Crippen LogP contribution in [0.2, 0.25) is 5.02 Å². The van der Waals surface area contributed by atoms with Crippen molar-refractivity contribution >= 4 is 69.5 Å². The molecule has 5 aromatic rings. The number of fused-ring (bicyclic) bond motifs is 2. The number of carbonyl (C=O) groups is 5. The van der Waals surface area contributed by atoms with Gasteiger partial charge in [0.2, 0.25) is 17.8 Å². The fourth-order valence-corrected chi connectivity index (χ4v) is 8.17. The Hall–Kier alpha value is -7.01. The number of benzene rings is 2. The molecule has 2 saturated heterocycles. The van der Waals surface area contributed by atoms with Crippen LogP contribution >= 0.6 is 11.6 Å². The topological polar surface area (TPSA) is 253 Å². The van der Waals surface area contributed by atoms with E-state index in [9.17, 15) is 28.8 Å². The summed E-state index contributed by atoms with van der Waals surface area (Å²) in [5.74, 6) is -0.963. The number of pyridine rings is 1. The number of aryl methyl sites for hydroxylation is 1. The second-order valence-electron chi connectivity index (χ2n) is 16.1. The molecule has 6 heterocycles. The smallest absolute Gasteiger partial charge is 0.293 e. The van der Waals surface area contributed by atoms with E-state index in [1.807, 2.05) is 24.4 Å². The highest BCUT2D eigenvalue weighted by molar-refractivity contribution is 6.33. The van der Waals surface area contributed by atoms with Gasteiger partial charge < -0.3 is 43.8 Å². The van der Waals surface area contributed by atoms with Gasteiger partial charge in [-0.15, -0.1) is 5.10 Å². The van der Waals surface area contributed by atoms with Crippen molar-refractivity contribution in [3.05, 3.63) is 87.1 Å². The molecule has 2 aromatic carbocycles. The maximum Gasteiger partial charge on any atom is 0.293 e. The number of anilines is 3. The maximum atomic E-state index is 13.0. The number of hydrogen-bond acceptors (Lipinski definition) is 17. The number of likely N-dealkylation sites (N-methyl/N-ethyl adjacent to an activating group) is 1. The summed E-state index contributed by atoms with van der Waals surface area (Å²) in [6.45, 7) is 4.08. The lowest BCUT2D eigenvalue weighted by Gasteiger charge is -2.31. The molecular weight excluding hydrogens is 906 g/mol. The second-order valence-corrected chi connectivity index (χ2v) is 16.5. The molecule has 5 amide bonds. The summed E-state index contributed by atoms with van der Waals surface area (Å²) in [6.07, 6.45) is 5.34. The largest absolute Gasteiger partial charge is 0.491 e. The molecule has 68 heavy (non-hydrogen) atoms. The van der Waals surface area contributed by atoms with Crippen LogP contribution in [0.3, 0.4) is 0 Å². The molecule has 1 atom stereocenters. The van der Waals surface area contributed by atoms with Crippen LogP contribution in [0.5, 0.6) is 11.5 Å². The molecule has 3 aromatic heterocycles. The van der Waals surface area contributed by atoms with Crippen LogP contribution in [-0.2, 0) is 42.2 Å². The molecule has 358 valence electrons. The molecule has 3 N–H and O–H groups in total. The number of hydrogen-bond donors (Lipinski definition) is 3. The number of halogens is 1. The third kappa shape index (κ3) is 11.0. The van der Waals surface area contributed by atoms with Crippen LogP contribution in [0.15, 0.2) is 59.7 Å². The van der Waals surface area contributed by atoms with Crippen molar-refractivity contribution in [3.63, 3.8) is 0 Å². The molecule has 0 aliphatic carbocycles. The van der Waals surface area contributed by atoms with Gasteiger partial charge in [0.1, 0.15) is 23.4 Å². The Morgan fingerprint density at radius 2 is 1.60 bits per heavy atom. The molecule has 3 aliphatic heterocycles. The first-order valence-corrected chi connectivity index (χ1v) is 22.5. The summed E-state index contributed by atoms with van der Waals surface area (Å²) < 4.78 is 31.4. The van der Waals surface area contributed by atoms with Crippen molar-refractivity contribution in [1.82, 2.24) is 45.1 Å². The van der Waals surface area contributed by atoms with Gasteiger partial charge in [-0.05, 0) is 61.7 Å². The van der Waals surface area contributed by atoms with Crippen LogP contribution in [-0.4, -0.2) is 143 Å². The third-order valence-electron chi connectivity index (χ3n) is 11.7. The summed E-state index contributed by atoms with van der Waals surface area (Å²) in [5.41, 5.74) is 2.27. The Labute approximate surface area is 394 Å². The molecule has 8 rings (SSSR count). The van der Waals surface area contributed by atoms with E-state index in [4.69, 9.17) is 40.3 Å². The fraction of sp³-hybridized carbons (Fsp3) is 0.422. The molecule has 2 fully saturated rings. The lowest BCUT2D eigenvalue weighted by molar-refractivity contribution is -0.136. The highest BCUT2D eigenvalue weighted by Crippen LogP contribution is 2.33. The van der Waals surface area contributed by atoms with Gasteiger partial charge in [0, 0.05) is 56.8 Å². The van der Waals surface area contributed by atoms with Crippen LogP contribution in [0.1, 0.15) is 58.0 Å². The Morgan fingerprint density at radius 3 is 2.35 bits per heavy atom. The van der Waals surface area contributed by atoms with Crippen molar-refractivity contribution in [3.8, 4) is 11.5 Å². The van der Waals surface area contributed by atoms with E-state index in [1.165, 1.54) is 23.7 Å². The molecule has 0 radical (unpaired) electrons. The predicted molar refractivity (Wildman–Crippen MR) is 244 cm³/mol. The quantitative estimate of drug-likeness (QED) is 0.0705. The summed E-state index contributed by atoms with van der Waals surface area (Å²) in [7, 11) is 3.14. The minimum Gasteiger partial charge on any atom is -0.491 e. The average molecular weight is 956 g/mol. The Morgan fingerprint density at radius 1 is 0.868 bits per heavy atom. The first-order chi connectivity index (χ1) is 33.0. The van der Waals surface area contributed by atoms with Gasteiger partial charge in [-0.1, -0.05) is 16.8 Å². The lowest BCUT2D eigenvalue weighted by atomic mass is 9.94. The summed E-state index contributed by atoms with van der Waals surface area (Å²) in [6, 6.07) is 10.6. The highest BCUT2D eigenvalue weighted by atomic mass is 35.5. The highest BCUT2D eigenvalue weighted by Gasteiger charge is 2.44. The van der Waals surface area contributed by atoms with Gasteiger partial charge >= 0.3 is 0 Å². The number of carbonyl (C=O) groups excluding carboxylic acids is 5. The Kier molecular flexibility index (Phi) is 15.2. The Bertz CT molecular complexity index is 2760.